The molecule has 20 heavy (non-hydrogen) atoms. The van der Waals surface area contributed by atoms with Crippen LogP contribution in [0.3, 0.4) is 0 Å². The number of hydrogen-bond acceptors (Lipinski definition) is 4. The molecule has 0 bridgehead atoms. The van der Waals surface area contributed by atoms with Crippen molar-refractivity contribution in [3.05, 3.63) is 41.7 Å². The van der Waals surface area contributed by atoms with Crippen molar-refractivity contribution in [1.82, 2.24) is 15.3 Å². The predicted molar refractivity (Wildman–Crippen MR) is 79.8 cm³/mol. The number of aryl methyl sites for hydroxylation is 2. The second-order valence-electron chi connectivity index (χ2n) is 5.63. The molecule has 0 spiro atoms. The van der Waals surface area contributed by atoms with Gasteiger partial charge in [-0.3, -0.25) is 0 Å². The van der Waals surface area contributed by atoms with Crippen molar-refractivity contribution in [1.29, 1.82) is 0 Å². The van der Waals surface area contributed by atoms with Crippen LogP contribution in [0.1, 0.15) is 17.5 Å². The average molecular weight is 266 g/mol. The smallest absolute Gasteiger partial charge is 0.222 e. The molecular weight excluding hydrogens is 248 g/mol. The average Bonchev–Trinajstić information content (AvgIpc) is 2.91. The summed E-state index contributed by atoms with van der Waals surface area (Å²) in [4.78, 5) is 8.84. The van der Waals surface area contributed by atoms with Crippen molar-refractivity contribution in [2.75, 3.05) is 18.4 Å². The van der Waals surface area contributed by atoms with E-state index in [-0.39, 0.29) is 0 Å². The van der Waals surface area contributed by atoms with Crippen LogP contribution in [0.25, 0.3) is 11.1 Å². The largest absolute Gasteiger partial charge is 0.349 e. The molecule has 4 nitrogen and oxygen atoms in total. The highest BCUT2D eigenvalue weighted by Gasteiger charge is 2.17. The van der Waals surface area contributed by atoms with Crippen molar-refractivity contribution < 1.29 is 0 Å². The molecule has 2 aromatic rings. The van der Waals surface area contributed by atoms with Gasteiger partial charge in [0.05, 0.1) is 6.04 Å². The minimum Gasteiger partial charge on any atom is -0.349 e. The summed E-state index contributed by atoms with van der Waals surface area (Å²) < 4.78 is 0. The topological polar surface area (TPSA) is 49.8 Å². The Labute approximate surface area is 118 Å². The van der Waals surface area contributed by atoms with E-state index < -0.39 is 0 Å². The fourth-order valence-corrected chi connectivity index (χ4v) is 2.88. The molecule has 0 radical (unpaired) electrons. The number of anilines is 1. The van der Waals surface area contributed by atoms with Crippen LogP contribution in [-0.2, 0) is 12.8 Å². The first-order valence-corrected chi connectivity index (χ1v) is 7.30. The molecule has 0 atom stereocenters. The molecule has 1 aromatic heterocycles. The van der Waals surface area contributed by atoms with Crippen molar-refractivity contribution in [3.8, 4) is 11.1 Å². The Morgan fingerprint density at radius 1 is 1.00 bits per heavy atom. The van der Waals surface area contributed by atoms with E-state index in [1.165, 1.54) is 36.0 Å². The second kappa shape index (κ2) is 4.87. The summed E-state index contributed by atoms with van der Waals surface area (Å²) in [6.45, 7) is 1.99. The van der Waals surface area contributed by atoms with Gasteiger partial charge in [-0.1, -0.05) is 18.2 Å². The number of hydrogen-bond donors (Lipinski definition) is 2. The van der Waals surface area contributed by atoms with Gasteiger partial charge < -0.3 is 10.6 Å². The lowest BCUT2D eigenvalue weighted by molar-refractivity contribution is 0.470. The normalized spacial score (nSPS) is 17.6. The zero-order valence-corrected chi connectivity index (χ0v) is 11.4. The van der Waals surface area contributed by atoms with Crippen LogP contribution in [-0.4, -0.2) is 29.1 Å². The van der Waals surface area contributed by atoms with Crippen LogP contribution in [0, 0.1) is 0 Å². The Hall–Kier alpha value is -1.94. The van der Waals surface area contributed by atoms with Gasteiger partial charge in [0.15, 0.2) is 0 Å². The van der Waals surface area contributed by atoms with E-state index in [9.17, 15) is 0 Å². The highest BCUT2D eigenvalue weighted by molar-refractivity contribution is 5.64. The Kier molecular flexibility index (Phi) is 2.89. The third kappa shape index (κ3) is 2.16. The molecule has 102 valence electrons. The molecular formula is C16H18N4. The number of aromatic nitrogens is 2. The third-order valence-corrected chi connectivity index (χ3v) is 4.20. The summed E-state index contributed by atoms with van der Waals surface area (Å²) in [5.41, 5.74) is 5.31. The molecule has 2 aliphatic rings. The SMILES string of the molecule is c1cc2c(cc1-c1cnc(NC3CNC3)nc1)CCC2. The van der Waals surface area contributed by atoms with Crippen molar-refractivity contribution in [3.63, 3.8) is 0 Å². The van der Waals surface area contributed by atoms with Crippen LogP contribution in [0.15, 0.2) is 30.6 Å². The molecule has 1 fully saturated rings. The Balaban J connectivity index is 1.55. The molecule has 4 heteroatoms. The molecule has 4 rings (SSSR count). The van der Waals surface area contributed by atoms with Gasteiger partial charge in [-0.05, 0) is 36.0 Å². The van der Waals surface area contributed by atoms with Crippen LogP contribution >= 0.6 is 0 Å². The Morgan fingerprint density at radius 3 is 2.55 bits per heavy atom. The molecule has 1 aliphatic heterocycles. The summed E-state index contributed by atoms with van der Waals surface area (Å²) in [5, 5.41) is 6.54. The van der Waals surface area contributed by atoms with E-state index in [1.807, 2.05) is 12.4 Å². The predicted octanol–water partition coefficient (Wildman–Crippen LogP) is 2.02. The van der Waals surface area contributed by atoms with E-state index >= 15 is 0 Å². The van der Waals surface area contributed by atoms with Crippen LogP contribution in [0.2, 0.25) is 0 Å². The molecule has 1 aromatic carbocycles. The van der Waals surface area contributed by atoms with Gasteiger partial charge in [-0.15, -0.1) is 0 Å². The van der Waals surface area contributed by atoms with E-state index in [2.05, 4.69) is 38.8 Å². The van der Waals surface area contributed by atoms with E-state index in [0.717, 1.165) is 24.6 Å². The molecule has 0 amide bonds. The van der Waals surface area contributed by atoms with E-state index in [4.69, 9.17) is 0 Å². The first-order chi connectivity index (χ1) is 9.88. The minimum absolute atomic E-state index is 0.473. The number of nitrogens with one attached hydrogen (secondary N) is 2. The maximum atomic E-state index is 4.42. The quantitative estimate of drug-likeness (QED) is 0.892. The summed E-state index contributed by atoms with van der Waals surface area (Å²) in [6, 6.07) is 7.21. The third-order valence-electron chi connectivity index (χ3n) is 4.20. The highest BCUT2D eigenvalue weighted by Crippen LogP contribution is 2.27. The summed E-state index contributed by atoms with van der Waals surface area (Å²) in [5.74, 6) is 0.724. The number of fused-ring (bicyclic) bond motifs is 1. The second-order valence-corrected chi connectivity index (χ2v) is 5.63. The van der Waals surface area contributed by atoms with Gasteiger partial charge in [-0.25, -0.2) is 9.97 Å². The van der Waals surface area contributed by atoms with Crippen molar-refractivity contribution >= 4 is 5.95 Å². The zero-order valence-electron chi connectivity index (χ0n) is 11.4. The first-order valence-electron chi connectivity index (χ1n) is 7.30. The minimum atomic E-state index is 0.473. The zero-order chi connectivity index (χ0) is 13.4. The fourth-order valence-electron chi connectivity index (χ4n) is 2.88. The summed E-state index contributed by atoms with van der Waals surface area (Å²) in [6.07, 6.45) is 7.55. The maximum absolute atomic E-state index is 4.42. The van der Waals surface area contributed by atoms with Crippen molar-refractivity contribution in [2.45, 2.75) is 25.3 Å². The lowest BCUT2D eigenvalue weighted by atomic mass is 10.0. The molecule has 1 saturated heterocycles. The molecule has 0 unspecified atom stereocenters. The van der Waals surface area contributed by atoms with Gasteiger partial charge in [0.25, 0.3) is 0 Å². The standard InChI is InChI=1S/C16H18N4/c1-2-11-4-5-13(6-12(11)3-1)14-7-18-16(19-8-14)20-15-9-17-10-15/h4-8,15,17H,1-3,9-10H2,(H,18,19,20). The van der Waals surface area contributed by atoms with Gasteiger partial charge in [-0.2, -0.15) is 0 Å². The highest BCUT2D eigenvalue weighted by atomic mass is 15.2. The number of nitrogens with zero attached hydrogens (tertiary/aromatic N) is 2. The lowest BCUT2D eigenvalue weighted by Gasteiger charge is -2.27. The Bertz CT molecular complexity index is 617. The maximum Gasteiger partial charge on any atom is 0.222 e. The Morgan fingerprint density at radius 2 is 1.80 bits per heavy atom. The van der Waals surface area contributed by atoms with Gasteiger partial charge in [0.2, 0.25) is 5.95 Å². The molecule has 1 aliphatic carbocycles. The fraction of sp³-hybridized carbons (Fsp3) is 0.375. The number of benzene rings is 1. The monoisotopic (exact) mass is 266 g/mol. The van der Waals surface area contributed by atoms with Crippen molar-refractivity contribution in [2.24, 2.45) is 0 Å². The van der Waals surface area contributed by atoms with E-state index in [0.29, 0.717) is 6.04 Å². The summed E-state index contributed by atoms with van der Waals surface area (Å²) in [7, 11) is 0. The molecule has 2 N–H and O–H groups in total. The number of rotatable bonds is 3. The lowest BCUT2D eigenvalue weighted by Crippen LogP contribution is -2.51. The molecule has 2 heterocycles. The van der Waals surface area contributed by atoms with Crippen LogP contribution in [0.5, 0.6) is 0 Å². The van der Waals surface area contributed by atoms with Gasteiger partial charge in [0.1, 0.15) is 0 Å². The van der Waals surface area contributed by atoms with Crippen LogP contribution in [0.4, 0.5) is 5.95 Å². The van der Waals surface area contributed by atoms with Gasteiger partial charge >= 0.3 is 0 Å². The van der Waals surface area contributed by atoms with Crippen LogP contribution < -0.4 is 10.6 Å². The summed E-state index contributed by atoms with van der Waals surface area (Å²) >= 11 is 0. The van der Waals surface area contributed by atoms with Gasteiger partial charge in [0, 0.05) is 31.0 Å². The first kappa shape index (κ1) is 11.9. The molecule has 0 saturated carbocycles. The van der Waals surface area contributed by atoms with E-state index in [1.54, 1.807) is 0 Å².